The van der Waals surface area contributed by atoms with Crippen LogP contribution >= 0.6 is 11.8 Å². The van der Waals surface area contributed by atoms with Crippen molar-refractivity contribution in [3.8, 4) is 11.1 Å². The van der Waals surface area contributed by atoms with Gasteiger partial charge in [-0.3, -0.25) is 0 Å². The minimum Gasteiger partial charge on any atom is -0.122 e. The number of hydrogen-bond donors (Lipinski definition) is 0. The second kappa shape index (κ2) is 3.89. The van der Waals surface area contributed by atoms with Gasteiger partial charge in [0.1, 0.15) is 0 Å². The van der Waals surface area contributed by atoms with Gasteiger partial charge in [-0.05, 0) is 28.7 Å². The van der Waals surface area contributed by atoms with Gasteiger partial charge in [-0.15, -0.1) is 11.8 Å². The molecule has 0 N–H and O–H groups in total. The number of thioether (sulfide) groups is 1. The predicted octanol–water partition coefficient (Wildman–Crippen LogP) is 5.12. The molecule has 0 aromatic heterocycles. The molecule has 2 aromatic rings. The molecule has 96 valence electrons. The maximum atomic E-state index is 2.41. The summed E-state index contributed by atoms with van der Waals surface area (Å²) >= 11 is 2.08. The fraction of sp³-hybridized carbons (Fsp3) is 0.158. The number of hydrogen-bond acceptors (Lipinski definition) is 1. The summed E-state index contributed by atoms with van der Waals surface area (Å²) < 4.78 is 0. The lowest BCUT2D eigenvalue weighted by atomic mass is 9.98. The van der Waals surface area contributed by atoms with E-state index in [0.717, 1.165) is 0 Å². The first-order valence-electron chi connectivity index (χ1n) is 7.20. The normalized spacial score (nSPS) is 25.2. The molecule has 5 rings (SSSR count). The largest absolute Gasteiger partial charge is 0.122 e. The van der Waals surface area contributed by atoms with Crippen molar-refractivity contribution in [1.82, 2.24) is 0 Å². The number of allylic oxidation sites excluding steroid dienone is 2. The average Bonchev–Trinajstić information content (AvgIpc) is 3.19. The van der Waals surface area contributed by atoms with E-state index in [1.54, 1.807) is 4.91 Å². The van der Waals surface area contributed by atoms with Gasteiger partial charge >= 0.3 is 0 Å². The second-order valence-electron chi connectivity index (χ2n) is 5.71. The molecule has 1 heterocycles. The summed E-state index contributed by atoms with van der Waals surface area (Å²) in [5.41, 5.74) is 7.16. The van der Waals surface area contributed by atoms with Gasteiger partial charge in [0, 0.05) is 21.6 Å². The lowest BCUT2D eigenvalue weighted by Gasteiger charge is -2.14. The molecular formula is C19H14S. The van der Waals surface area contributed by atoms with Gasteiger partial charge in [0.2, 0.25) is 0 Å². The van der Waals surface area contributed by atoms with Crippen molar-refractivity contribution in [3.63, 3.8) is 0 Å². The Hall–Kier alpha value is -1.73. The third-order valence-electron chi connectivity index (χ3n) is 4.59. The molecule has 2 aliphatic carbocycles. The zero-order valence-corrected chi connectivity index (χ0v) is 11.9. The first-order chi connectivity index (χ1) is 9.92. The molecule has 1 saturated heterocycles. The van der Waals surface area contributed by atoms with Gasteiger partial charge in [0.15, 0.2) is 0 Å². The highest BCUT2D eigenvalue weighted by Crippen LogP contribution is 2.55. The molecule has 20 heavy (non-hydrogen) atoms. The summed E-state index contributed by atoms with van der Waals surface area (Å²) in [6, 6.07) is 17.7. The molecule has 2 atom stereocenters. The summed E-state index contributed by atoms with van der Waals surface area (Å²) in [6.45, 7) is 0. The smallest absolute Gasteiger partial charge is 0.0280 e. The van der Waals surface area contributed by atoms with E-state index in [0.29, 0.717) is 11.2 Å². The number of benzene rings is 2. The van der Waals surface area contributed by atoms with Gasteiger partial charge in [-0.1, -0.05) is 60.7 Å². The molecule has 3 aliphatic rings. The monoisotopic (exact) mass is 274 g/mol. The zero-order chi connectivity index (χ0) is 13.1. The zero-order valence-electron chi connectivity index (χ0n) is 11.0. The molecule has 2 aromatic carbocycles. The highest BCUT2D eigenvalue weighted by atomic mass is 32.2. The van der Waals surface area contributed by atoms with E-state index in [2.05, 4.69) is 72.4 Å². The van der Waals surface area contributed by atoms with Crippen molar-refractivity contribution in [2.24, 2.45) is 5.92 Å². The van der Waals surface area contributed by atoms with Crippen LogP contribution in [0.25, 0.3) is 16.7 Å². The first-order valence-corrected chi connectivity index (χ1v) is 8.08. The van der Waals surface area contributed by atoms with E-state index < -0.39 is 0 Å². The van der Waals surface area contributed by atoms with E-state index in [4.69, 9.17) is 0 Å². The van der Waals surface area contributed by atoms with Crippen LogP contribution in [0, 0.1) is 5.92 Å². The lowest BCUT2D eigenvalue weighted by molar-refractivity contribution is 0.803. The third-order valence-corrected chi connectivity index (χ3v) is 6.00. The van der Waals surface area contributed by atoms with Crippen molar-refractivity contribution < 1.29 is 0 Å². The molecule has 2 unspecified atom stereocenters. The van der Waals surface area contributed by atoms with Crippen molar-refractivity contribution in [3.05, 3.63) is 76.7 Å². The third kappa shape index (κ3) is 1.34. The Bertz CT molecular complexity index is 734. The Morgan fingerprint density at radius 1 is 0.750 bits per heavy atom. The van der Waals surface area contributed by atoms with Crippen LogP contribution in [0.5, 0.6) is 0 Å². The van der Waals surface area contributed by atoms with Crippen molar-refractivity contribution in [1.29, 1.82) is 0 Å². The first kappa shape index (κ1) is 11.0. The van der Waals surface area contributed by atoms with Gasteiger partial charge in [0.25, 0.3) is 0 Å². The Morgan fingerprint density at radius 2 is 1.35 bits per heavy atom. The van der Waals surface area contributed by atoms with E-state index >= 15 is 0 Å². The molecule has 1 fully saturated rings. The van der Waals surface area contributed by atoms with Crippen LogP contribution in [0.2, 0.25) is 0 Å². The van der Waals surface area contributed by atoms with Crippen LogP contribution in [0.4, 0.5) is 0 Å². The second-order valence-corrected chi connectivity index (χ2v) is 6.99. The van der Waals surface area contributed by atoms with Crippen LogP contribution in [0.15, 0.2) is 65.6 Å². The molecule has 0 saturated carbocycles. The van der Waals surface area contributed by atoms with Crippen molar-refractivity contribution in [2.45, 2.75) is 11.7 Å². The van der Waals surface area contributed by atoms with E-state index in [1.165, 1.54) is 34.2 Å². The maximum Gasteiger partial charge on any atom is 0.0280 e. The minimum atomic E-state index is 0.652. The average molecular weight is 274 g/mol. The van der Waals surface area contributed by atoms with Crippen LogP contribution in [0.1, 0.15) is 17.5 Å². The van der Waals surface area contributed by atoms with Gasteiger partial charge in [0.05, 0.1) is 0 Å². The minimum absolute atomic E-state index is 0.652. The Kier molecular flexibility index (Phi) is 2.14. The van der Waals surface area contributed by atoms with E-state index in [9.17, 15) is 0 Å². The van der Waals surface area contributed by atoms with Crippen LogP contribution in [0.3, 0.4) is 0 Å². The molecule has 0 spiro atoms. The van der Waals surface area contributed by atoms with Gasteiger partial charge < -0.3 is 0 Å². The highest BCUT2D eigenvalue weighted by molar-refractivity contribution is 8.04. The fourth-order valence-corrected chi connectivity index (χ4v) is 5.21. The van der Waals surface area contributed by atoms with E-state index in [-0.39, 0.29) is 0 Å². The summed E-state index contributed by atoms with van der Waals surface area (Å²) in [5, 5.41) is 0.711. The topological polar surface area (TPSA) is 0 Å². The summed E-state index contributed by atoms with van der Waals surface area (Å²) in [5.74, 6) is 0.652. The standard InChI is InChI=1S/C19H14S/c1-3-7-16-14(5-1)15-6-2-4-8-17(15)18(16)19-12-9-10-13(11-12)20-19/h1-10,12-13H,11H2. The maximum absolute atomic E-state index is 2.41. The number of rotatable bonds is 0. The summed E-state index contributed by atoms with van der Waals surface area (Å²) in [7, 11) is 0. The Labute approximate surface area is 123 Å². The van der Waals surface area contributed by atoms with Crippen molar-refractivity contribution in [2.75, 3.05) is 0 Å². The lowest BCUT2D eigenvalue weighted by Crippen LogP contribution is -1.94. The molecule has 0 amide bonds. The number of fused-ring (bicyclic) bond motifs is 5. The summed E-state index contributed by atoms with van der Waals surface area (Å²) in [4.78, 5) is 1.59. The molecule has 1 aliphatic heterocycles. The molecule has 0 nitrogen and oxygen atoms in total. The SMILES string of the molecule is C1=CC2CC1SC2=C1c2ccccc2-c2ccccc21. The molecule has 0 radical (unpaired) electrons. The highest BCUT2D eigenvalue weighted by Gasteiger charge is 2.36. The quantitative estimate of drug-likeness (QED) is 0.513. The predicted molar refractivity (Wildman–Crippen MR) is 86.5 cm³/mol. The van der Waals surface area contributed by atoms with Gasteiger partial charge in [-0.25, -0.2) is 0 Å². The summed E-state index contributed by atoms with van der Waals surface area (Å²) in [6.07, 6.45) is 6.09. The molecular weight excluding hydrogens is 260 g/mol. The fourth-order valence-electron chi connectivity index (χ4n) is 3.72. The van der Waals surface area contributed by atoms with Crippen LogP contribution in [-0.2, 0) is 0 Å². The van der Waals surface area contributed by atoms with Gasteiger partial charge in [-0.2, -0.15) is 0 Å². The Balaban J connectivity index is 1.85. The molecule has 1 heteroatoms. The van der Waals surface area contributed by atoms with E-state index in [1.807, 2.05) is 0 Å². The molecule has 2 bridgehead atoms. The van der Waals surface area contributed by atoms with Crippen LogP contribution < -0.4 is 0 Å². The van der Waals surface area contributed by atoms with Crippen LogP contribution in [-0.4, -0.2) is 5.25 Å². The Morgan fingerprint density at radius 3 is 1.85 bits per heavy atom. The van der Waals surface area contributed by atoms with Crippen molar-refractivity contribution >= 4 is 17.3 Å².